The molecule has 0 aromatic heterocycles. The molecule has 0 rings (SSSR count). The highest BCUT2D eigenvalue weighted by Crippen LogP contribution is 2.14. The van der Waals surface area contributed by atoms with Crippen molar-refractivity contribution >= 4 is 17.9 Å². The Kier molecular flexibility index (Phi) is 46.6. The smallest absolute Gasteiger partial charge is 0.306 e. The molecule has 0 saturated heterocycles. The third-order valence-corrected chi connectivity index (χ3v) is 10.8. The highest BCUT2D eigenvalue weighted by Gasteiger charge is 2.14. The van der Waals surface area contributed by atoms with Crippen LogP contribution in [0.4, 0.5) is 0 Å². The molecule has 0 saturated carbocycles. The molecule has 63 heavy (non-hydrogen) atoms. The number of nitrogens with zero attached hydrogens (tertiary/aromatic N) is 1. The van der Waals surface area contributed by atoms with Gasteiger partial charge in [0.2, 0.25) is 0 Å². The molecule has 0 aromatic carbocycles. The fourth-order valence-corrected chi connectivity index (χ4v) is 6.75. The van der Waals surface area contributed by atoms with E-state index >= 15 is 0 Å². The Hall–Kier alpha value is -1.87. The quantitative estimate of drug-likeness (QED) is 0.0326. The van der Waals surface area contributed by atoms with Gasteiger partial charge in [0.25, 0.3) is 0 Å². The summed E-state index contributed by atoms with van der Waals surface area (Å²) in [6, 6.07) is 0. The first-order valence-electron chi connectivity index (χ1n) is 25.5. The minimum atomic E-state index is -0.178. The zero-order valence-electron chi connectivity index (χ0n) is 41.4. The van der Waals surface area contributed by atoms with Crippen LogP contribution in [-0.4, -0.2) is 141 Å². The van der Waals surface area contributed by atoms with Crippen LogP contribution in [0.5, 0.6) is 0 Å². The molecule has 0 radical (unpaired) electrons. The van der Waals surface area contributed by atoms with Crippen LogP contribution in [0.25, 0.3) is 0 Å². The van der Waals surface area contributed by atoms with Gasteiger partial charge in [-0.1, -0.05) is 105 Å². The van der Waals surface area contributed by atoms with Crippen molar-refractivity contribution in [3.05, 3.63) is 0 Å². The van der Waals surface area contributed by atoms with Crippen LogP contribution < -0.4 is 0 Å². The molecule has 0 aliphatic rings. The van der Waals surface area contributed by atoms with Crippen LogP contribution in [0.1, 0.15) is 189 Å². The molecule has 0 bridgehead atoms. The van der Waals surface area contributed by atoms with Gasteiger partial charge in [-0.3, -0.25) is 14.4 Å². The monoisotopic (exact) mass is 904 g/mol. The normalized spacial score (nSPS) is 13.0. The molecule has 13 heteroatoms. The molecule has 0 heterocycles. The Bertz CT molecular complexity index is 1000. The summed E-state index contributed by atoms with van der Waals surface area (Å²) in [4.78, 5) is 38.6. The van der Waals surface area contributed by atoms with Crippen molar-refractivity contribution in [2.75, 3.05) is 99.4 Å². The molecular weight excluding hydrogens is 807 g/mol. The summed E-state index contributed by atoms with van der Waals surface area (Å²) in [5.74, 6) is -0.304. The van der Waals surface area contributed by atoms with Gasteiger partial charge in [0.1, 0.15) is 24.9 Å². The average Bonchev–Trinajstić information content (AvgIpc) is 3.28. The molecule has 0 aliphatic heterocycles. The highest BCUT2D eigenvalue weighted by atomic mass is 16.6. The summed E-state index contributed by atoms with van der Waals surface area (Å²) in [6.07, 6.45) is 22.5. The second-order valence-electron chi connectivity index (χ2n) is 16.8. The molecule has 374 valence electrons. The van der Waals surface area contributed by atoms with Gasteiger partial charge in [0, 0.05) is 32.5 Å². The van der Waals surface area contributed by atoms with Crippen molar-refractivity contribution in [2.45, 2.75) is 207 Å². The summed E-state index contributed by atoms with van der Waals surface area (Å²) in [5.41, 5.74) is 0. The Morgan fingerprint density at radius 2 is 0.810 bits per heavy atom. The number of carbonyl (C=O) groups is 3. The minimum absolute atomic E-state index is 0.0575. The summed E-state index contributed by atoms with van der Waals surface area (Å²) in [5, 5.41) is 0. The Balaban J connectivity index is 4.22. The van der Waals surface area contributed by atoms with Crippen LogP contribution >= 0.6 is 0 Å². The van der Waals surface area contributed by atoms with Gasteiger partial charge in [-0.2, -0.15) is 0 Å². The van der Waals surface area contributed by atoms with Gasteiger partial charge in [-0.05, 0) is 84.3 Å². The number of unbranched alkanes of at least 4 members (excludes halogenated alkanes) is 11. The molecule has 0 aromatic rings. The van der Waals surface area contributed by atoms with E-state index in [1.165, 1.54) is 12.8 Å². The summed E-state index contributed by atoms with van der Waals surface area (Å²) in [6.45, 7) is 18.1. The topological polar surface area (TPSA) is 138 Å². The number of rotatable bonds is 50. The lowest BCUT2D eigenvalue weighted by molar-refractivity contribution is -0.150. The van der Waals surface area contributed by atoms with E-state index in [0.29, 0.717) is 91.9 Å². The predicted molar refractivity (Wildman–Crippen MR) is 251 cm³/mol. The van der Waals surface area contributed by atoms with Gasteiger partial charge in [-0.25, -0.2) is 0 Å². The maximum atomic E-state index is 12.2. The average molecular weight is 904 g/mol. The van der Waals surface area contributed by atoms with Gasteiger partial charge < -0.3 is 47.5 Å². The van der Waals surface area contributed by atoms with E-state index in [2.05, 4.69) is 46.6 Å². The molecule has 0 fully saturated rings. The lowest BCUT2D eigenvalue weighted by Crippen LogP contribution is -2.27. The van der Waals surface area contributed by atoms with E-state index in [-0.39, 0.29) is 42.8 Å². The van der Waals surface area contributed by atoms with E-state index < -0.39 is 0 Å². The minimum Gasteiger partial charge on any atom is -0.463 e. The Labute approximate surface area is 385 Å². The molecule has 0 spiro atoms. The second kappa shape index (κ2) is 48.1. The fraction of sp³-hybridized carbons (Fsp3) is 0.940. The standard InChI is InChI=1S/C50H97NO12/c1-7-12-26-45(10-4)62-49(53)28-21-17-15-19-23-33-58-43-47(60-34-24-20-16-18-22-29-50(54)63-46(11-5)27-13-8-2)44-59-40-39-56-36-35-55-37-38-57-41-42-61-48(52)30-25-32-51(6)31-14-9-3/h45-47H,7-44H2,1-6H3. The summed E-state index contributed by atoms with van der Waals surface area (Å²) >= 11 is 0. The molecule has 0 amide bonds. The van der Waals surface area contributed by atoms with Gasteiger partial charge >= 0.3 is 17.9 Å². The van der Waals surface area contributed by atoms with Crippen LogP contribution in [0, 0.1) is 0 Å². The number of ether oxygens (including phenoxy) is 9. The fourth-order valence-electron chi connectivity index (χ4n) is 6.75. The lowest BCUT2D eigenvalue weighted by Gasteiger charge is -2.18. The molecule has 3 atom stereocenters. The van der Waals surface area contributed by atoms with E-state index in [1.807, 2.05) is 0 Å². The summed E-state index contributed by atoms with van der Waals surface area (Å²) < 4.78 is 51.5. The highest BCUT2D eigenvalue weighted by molar-refractivity contribution is 5.70. The maximum absolute atomic E-state index is 12.2. The molecule has 3 unspecified atom stereocenters. The number of hydrogen-bond donors (Lipinski definition) is 0. The van der Waals surface area contributed by atoms with Crippen molar-refractivity contribution in [2.24, 2.45) is 0 Å². The summed E-state index contributed by atoms with van der Waals surface area (Å²) in [7, 11) is 2.09. The van der Waals surface area contributed by atoms with Crippen molar-refractivity contribution < 1.29 is 57.0 Å². The number of carbonyl (C=O) groups excluding carboxylic acids is 3. The zero-order valence-corrected chi connectivity index (χ0v) is 41.4. The van der Waals surface area contributed by atoms with E-state index in [4.69, 9.17) is 42.6 Å². The van der Waals surface area contributed by atoms with Crippen LogP contribution in [-0.2, 0) is 57.0 Å². The van der Waals surface area contributed by atoms with Gasteiger partial charge in [0.15, 0.2) is 0 Å². The number of esters is 3. The zero-order chi connectivity index (χ0) is 46.3. The van der Waals surface area contributed by atoms with E-state index in [1.54, 1.807) is 0 Å². The van der Waals surface area contributed by atoms with Crippen molar-refractivity contribution in [1.29, 1.82) is 0 Å². The lowest BCUT2D eigenvalue weighted by atomic mass is 10.1. The first-order chi connectivity index (χ1) is 30.8. The molecular formula is C50H97NO12. The van der Waals surface area contributed by atoms with Gasteiger partial charge in [-0.15, -0.1) is 0 Å². The van der Waals surface area contributed by atoms with Crippen molar-refractivity contribution in [1.82, 2.24) is 4.90 Å². The first-order valence-corrected chi connectivity index (χ1v) is 25.5. The van der Waals surface area contributed by atoms with Crippen LogP contribution in [0.2, 0.25) is 0 Å². The number of hydrogen-bond acceptors (Lipinski definition) is 13. The van der Waals surface area contributed by atoms with Gasteiger partial charge in [0.05, 0.1) is 59.5 Å². The van der Waals surface area contributed by atoms with Crippen molar-refractivity contribution in [3.63, 3.8) is 0 Å². The third-order valence-electron chi connectivity index (χ3n) is 10.8. The third kappa shape index (κ3) is 43.8. The molecule has 13 nitrogen and oxygen atoms in total. The predicted octanol–water partition coefficient (Wildman–Crippen LogP) is 10.2. The van der Waals surface area contributed by atoms with E-state index in [0.717, 1.165) is 135 Å². The SMILES string of the molecule is CCCCC(CC)OC(=O)CCCCCCCOCC(COCCOCCOCCOCCOC(=O)CCCN(C)CCCC)OCCCCCCCC(=O)OC(CC)CCCC. The largest absolute Gasteiger partial charge is 0.463 e. The Morgan fingerprint density at radius 3 is 1.32 bits per heavy atom. The molecule has 0 aliphatic carbocycles. The first kappa shape index (κ1) is 61.1. The Morgan fingerprint density at radius 1 is 0.397 bits per heavy atom. The van der Waals surface area contributed by atoms with Crippen LogP contribution in [0.3, 0.4) is 0 Å². The second-order valence-corrected chi connectivity index (χ2v) is 16.8. The van der Waals surface area contributed by atoms with E-state index in [9.17, 15) is 14.4 Å². The van der Waals surface area contributed by atoms with Crippen molar-refractivity contribution in [3.8, 4) is 0 Å². The maximum Gasteiger partial charge on any atom is 0.306 e. The molecule has 0 N–H and O–H groups in total. The van der Waals surface area contributed by atoms with Crippen LogP contribution in [0.15, 0.2) is 0 Å².